The van der Waals surface area contributed by atoms with Crippen molar-refractivity contribution in [3.63, 3.8) is 0 Å². The lowest BCUT2D eigenvalue weighted by Gasteiger charge is -1.88. The predicted molar refractivity (Wildman–Crippen MR) is 49.3 cm³/mol. The lowest BCUT2D eigenvalue weighted by Crippen LogP contribution is -1.98. The van der Waals surface area contributed by atoms with Gasteiger partial charge in [-0.15, -0.1) is 0 Å². The number of rotatable bonds is 1. The van der Waals surface area contributed by atoms with Gasteiger partial charge >= 0.3 is 0 Å². The van der Waals surface area contributed by atoms with Gasteiger partial charge in [-0.05, 0) is 23.9 Å². The topological polar surface area (TPSA) is 34.1 Å². The Morgan fingerprint density at radius 3 is 2.58 bits per heavy atom. The average molecular weight is 180 g/mol. The third-order valence-corrected chi connectivity index (χ3v) is 2.06. The van der Waals surface area contributed by atoms with E-state index in [-0.39, 0.29) is 10.5 Å². The van der Waals surface area contributed by atoms with Crippen molar-refractivity contribution in [3.05, 3.63) is 40.6 Å². The van der Waals surface area contributed by atoms with Gasteiger partial charge in [0.15, 0.2) is 10.5 Å². The zero-order valence-corrected chi connectivity index (χ0v) is 7.43. The zero-order chi connectivity index (χ0) is 8.97. The summed E-state index contributed by atoms with van der Waals surface area (Å²) in [6.07, 6.45) is 0. The summed E-state index contributed by atoms with van der Waals surface area (Å²) in [4.78, 5) is 22.4. The third kappa shape index (κ3) is 2.51. The standard InChI is InChI=1S/C9H8O2S/c1-7(10)12-9-6-4-2-3-5-8(9)11/h2-6H,1H3. The quantitative estimate of drug-likeness (QED) is 0.617. The maximum atomic E-state index is 11.2. The summed E-state index contributed by atoms with van der Waals surface area (Å²) in [5, 5.41) is -0.0710. The van der Waals surface area contributed by atoms with Gasteiger partial charge in [0.25, 0.3) is 0 Å². The maximum Gasteiger partial charge on any atom is 0.192 e. The second kappa shape index (κ2) is 4.07. The number of carbonyl (C=O) groups is 1. The highest BCUT2D eigenvalue weighted by Crippen LogP contribution is 2.12. The molecule has 0 saturated heterocycles. The summed E-state index contributed by atoms with van der Waals surface area (Å²) < 4.78 is 0. The Labute approximate surface area is 74.6 Å². The molecule has 0 atom stereocenters. The first-order chi connectivity index (χ1) is 5.70. The molecule has 62 valence electrons. The number of hydrogen-bond acceptors (Lipinski definition) is 3. The molecule has 12 heavy (non-hydrogen) atoms. The molecular formula is C9H8O2S. The summed E-state index contributed by atoms with van der Waals surface area (Å²) in [5.74, 6) is 0. The van der Waals surface area contributed by atoms with Crippen LogP contribution < -0.4 is 5.43 Å². The van der Waals surface area contributed by atoms with Crippen LogP contribution in [-0.2, 0) is 4.79 Å². The molecule has 0 amide bonds. The summed E-state index contributed by atoms with van der Waals surface area (Å²) in [5.41, 5.74) is -0.111. The molecule has 3 heteroatoms. The molecule has 0 heterocycles. The Morgan fingerprint density at radius 1 is 1.25 bits per heavy atom. The molecule has 2 nitrogen and oxygen atoms in total. The van der Waals surface area contributed by atoms with Crippen LogP contribution in [0.5, 0.6) is 0 Å². The molecular weight excluding hydrogens is 172 g/mol. The van der Waals surface area contributed by atoms with E-state index >= 15 is 0 Å². The van der Waals surface area contributed by atoms with Crippen molar-refractivity contribution in [1.29, 1.82) is 0 Å². The summed E-state index contributed by atoms with van der Waals surface area (Å²) in [6, 6.07) is 8.25. The fraction of sp³-hybridized carbons (Fsp3) is 0.111. The van der Waals surface area contributed by atoms with Gasteiger partial charge in [0.05, 0.1) is 4.90 Å². The van der Waals surface area contributed by atoms with Gasteiger partial charge in [0, 0.05) is 6.92 Å². The number of carbonyl (C=O) groups excluding carboxylic acids is 1. The first-order valence-corrected chi connectivity index (χ1v) is 4.29. The van der Waals surface area contributed by atoms with Gasteiger partial charge in [-0.1, -0.05) is 18.2 Å². The molecule has 0 saturated carbocycles. The van der Waals surface area contributed by atoms with Crippen molar-refractivity contribution >= 4 is 16.9 Å². The predicted octanol–water partition coefficient (Wildman–Crippen LogP) is 1.69. The van der Waals surface area contributed by atoms with Crippen LogP contribution in [0.1, 0.15) is 6.92 Å². The van der Waals surface area contributed by atoms with Gasteiger partial charge < -0.3 is 0 Å². The second-order valence-electron chi connectivity index (χ2n) is 2.23. The number of hydrogen-bond donors (Lipinski definition) is 0. The fourth-order valence-electron chi connectivity index (χ4n) is 0.753. The monoisotopic (exact) mass is 180 g/mol. The van der Waals surface area contributed by atoms with E-state index in [2.05, 4.69) is 0 Å². The summed E-state index contributed by atoms with van der Waals surface area (Å²) in [7, 11) is 0. The van der Waals surface area contributed by atoms with Crippen molar-refractivity contribution < 1.29 is 4.79 Å². The van der Waals surface area contributed by atoms with Crippen molar-refractivity contribution in [1.82, 2.24) is 0 Å². The summed E-state index contributed by atoms with van der Waals surface area (Å²) >= 11 is 0.967. The molecule has 0 unspecified atom stereocenters. The first-order valence-electron chi connectivity index (χ1n) is 3.48. The molecule has 0 aliphatic heterocycles. The second-order valence-corrected chi connectivity index (χ2v) is 3.45. The minimum Gasteiger partial charge on any atom is -0.289 e. The Hall–Kier alpha value is -1.09. The van der Waals surface area contributed by atoms with Crippen molar-refractivity contribution in [3.8, 4) is 0 Å². The fourth-order valence-corrected chi connectivity index (χ4v) is 1.38. The molecule has 0 N–H and O–H groups in total. The molecule has 1 aromatic carbocycles. The van der Waals surface area contributed by atoms with Crippen LogP contribution in [-0.4, -0.2) is 5.12 Å². The zero-order valence-electron chi connectivity index (χ0n) is 6.61. The van der Waals surface area contributed by atoms with Crippen LogP contribution in [0.4, 0.5) is 0 Å². The van der Waals surface area contributed by atoms with E-state index in [1.165, 1.54) is 13.0 Å². The van der Waals surface area contributed by atoms with Gasteiger partial charge in [-0.2, -0.15) is 0 Å². The molecule has 0 aromatic heterocycles. The average Bonchev–Trinajstić information content (AvgIpc) is 2.16. The molecule has 0 aliphatic carbocycles. The van der Waals surface area contributed by atoms with Gasteiger partial charge in [-0.3, -0.25) is 9.59 Å². The van der Waals surface area contributed by atoms with Crippen LogP contribution in [0.15, 0.2) is 40.0 Å². The highest BCUT2D eigenvalue weighted by Gasteiger charge is 1.99. The highest BCUT2D eigenvalue weighted by molar-refractivity contribution is 8.13. The molecule has 0 aliphatic rings. The molecule has 1 rings (SSSR count). The molecule has 1 aromatic rings. The van der Waals surface area contributed by atoms with E-state index < -0.39 is 0 Å². The van der Waals surface area contributed by atoms with Crippen LogP contribution in [0.3, 0.4) is 0 Å². The molecule has 0 bridgehead atoms. The van der Waals surface area contributed by atoms with E-state index in [1.807, 2.05) is 0 Å². The maximum absolute atomic E-state index is 11.2. The van der Waals surface area contributed by atoms with Crippen molar-refractivity contribution in [2.24, 2.45) is 0 Å². The Bertz CT molecular complexity index is 346. The first kappa shape index (κ1) is 9.00. The van der Waals surface area contributed by atoms with Gasteiger partial charge in [0.2, 0.25) is 0 Å². The highest BCUT2D eigenvalue weighted by atomic mass is 32.2. The van der Waals surface area contributed by atoms with Crippen LogP contribution >= 0.6 is 11.8 Å². The van der Waals surface area contributed by atoms with Crippen molar-refractivity contribution in [2.45, 2.75) is 11.8 Å². The minimum absolute atomic E-state index is 0.0710. The summed E-state index contributed by atoms with van der Waals surface area (Å²) in [6.45, 7) is 1.44. The van der Waals surface area contributed by atoms with E-state index in [0.29, 0.717) is 4.90 Å². The Balaban J connectivity index is 3.09. The molecule has 0 fully saturated rings. The van der Waals surface area contributed by atoms with Crippen LogP contribution in [0.25, 0.3) is 0 Å². The Morgan fingerprint density at radius 2 is 1.92 bits per heavy atom. The minimum atomic E-state index is -0.111. The number of thioether (sulfide) groups is 1. The van der Waals surface area contributed by atoms with E-state index in [4.69, 9.17) is 0 Å². The van der Waals surface area contributed by atoms with Crippen LogP contribution in [0, 0.1) is 0 Å². The normalized spacial score (nSPS) is 9.42. The van der Waals surface area contributed by atoms with E-state index in [1.54, 1.807) is 24.3 Å². The third-order valence-electron chi connectivity index (χ3n) is 1.21. The van der Waals surface area contributed by atoms with Crippen molar-refractivity contribution in [2.75, 3.05) is 0 Å². The SMILES string of the molecule is CC(=O)Sc1cccccc1=O. The Kier molecular flexibility index (Phi) is 3.05. The molecule has 0 radical (unpaired) electrons. The molecule has 0 spiro atoms. The largest absolute Gasteiger partial charge is 0.289 e. The van der Waals surface area contributed by atoms with E-state index in [0.717, 1.165) is 11.8 Å². The smallest absolute Gasteiger partial charge is 0.192 e. The van der Waals surface area contributed by atoms with Crippen LogP contribution in [0.2, 0.25) is 0 Å². The lowest BCUT2D eigenvalue weighted by molar-refractivity contribution is -0.109. The van der Waals surface area contributed by atoms with Gasteiger partial charge in [0.1, 0.15) is 0 Å². The van der Waals surface area contributed by atoms with E-state index in [9.17, 15) is 9.59 Å². The lowest BCUT2D eigenvalue weighted by atomic mass is 10.5. The van der Waals surface area contributed by atoms with Gasteiger partial charge in [-0.25, -0.2) is 0 Å².